The highest BCUT2D eigenvalue weighted by atomic mass is 35.5. The van der Waals surface area contributed by atoms with E-state index >= 15 is 0 Å². The number of nitrogens with one attached hydrogen (secondary N) is 3. The number of sulfonamides is 1. The Balaban J connectivity index is 1.54. The minimum Gasteiger partial charge on any atom is -0.358 e. The van der Waals surface area contributed by atoms with Crippen LogP contribution in [0.1, 0.15) is 13.3 Å². The Labute approximate surface area is 202 Å². The Kier molecular flexibility index (Phi) is 7.44. The van der Waals surface area contributed by atoms with Gasteiger partial charge in [0.2, 0.25) is 0 Å². The van der Waals surface area contributed by atoms with E-state index in [9.17, 15) is 8.42 Å². The van der Waals surface area contributed by atoms with Crippen molar-refractivity contribution in [1.29, 1.82) is 0 Å². The molecule has 0 aliphatic carbocycles. The maximum absolute atomic E-state index is 13.0. The van der Waals surface area contributed by atoms with E-state index in [0.29, 0.717) is 26.6 Å². The third kappa shape index (κ3) is 5.13. The van der Waals surface area contributed by atoms with Crippen LogP contribution in [0.4, 0.5) is 11.4 Å². The Bertz CT molecular complexity index is 1180. The first-order valence-electron chi connectivity index (χ1n) is 10.4. The first kappa shape index (κ1) is 23.5. The first-order chi connectivity index (χ1) is 15.4. The highest BCUT2D eigenvalue weighted by Crippen LogP contribution is 2.35. The number of hydrogen-bond donors (Lipinski definition) is 3. The number of rotatable bonds is 8. The van der Waals surface area contributed by atoms with Crippen molar-refractivity contribution in [3.63, 3.8) is 0 Å². The third-order valence-electron chi connectivity index (χ3n) is 5.13. The van der Waals surface area contributed by atoms with Crippen LogP contribution in [-0.2, 0) is 10.0 Å². The summed E-state index contributed by atoms with van der Waals surface area (Å²) in [6.07, 6.45) is 2.58. The molecule has 1 fully saturated rings. The monoisotopic (exact) mass is 513 g/mol. The summed E-state index contributed by atoms with van der Waals surface area (Å²) < 4.78 is 33.3. The van der Waals surface area contributed by atoms with Crippen LogP contribution in [0.2, 0.25) is 10.0 Å². The van der Waals surface area contributed by atoms with E-state index in [1.54, 1.807) is 42.6 Å². The number of nitrogens with zero attached hydrogens (tertiary/aromatic N) is 2. The number of aromatic amines is 1. The lowest BCUT2D eigenvalue weighted by Crippen LogP contribution is -2.41. The van der Waals surface area contributed by atoms with Crippen LogP contribution in [0.15, 0.2) is 47.5 Å². The molecule has 0 bridgehead atoms. The number of piperazine rings is 1. The lowest BCUT2D eigenvalue weighted by atomic mass is 10.2. The van der Waals surface area contributed by atoms with Gasteiger partial charge in [-0.1, -0.05) is 30.1 Å². The fourth-order valence-corrected chi connectivity index (χ4v) is 6.27. The zero-order valence-corrected chi connectivity index (χ0v) is 20.7. The van der Waals surface area contributed by atoms with Crippen molar-refractivity contribution >= 4 is 67.6 Å². The predicted molar refractivity (Wildman–Crippen MR) is 135 cm³/mol. The summed E-state index contributed by atoms with van der Waals surface area (Å²) in [5.41, 5.74) is 1.91. The van der Waals surface area contributed by atoms with Crippen LogP contribution in [0.3, 0.4) is 0 Å². The Morgan fingerprint density at radius 1 is 1.09 bits per heavy atom. The van der Waals surface area contributed by atoms with E-state index in [1.165, 1.54) is 0 Å². The minimum absolute atomic E-state index is 0.186. The first-order valence-corrected chi connectivity index (χ1v) is 13.3. The van der Waals surface area contributed by atoms with Crippen molar-refractivity contribution in [1.82, 2.24) is 14.6 Å². The van der Waals surface area contributed by atoms with Gasteiger partial charge in [-0.2, -0.15) is 0 Å². The molecule has 7 nitrogen and oxygen atoms in total. The van der Waals surface area contributed by atoms with Crippen LogP contribution in [0, 0.1) is 0 Å². The van der Waals surface area contributed by atoms with Gasteiger partial charge in [-0.3, -0.25) is 4.72 Å². The second-order valence-electron chi connectivity index (χ2n) is 7.44. The van der Waals surface area contributed by atoms with E-state index in [1.807, 2.05) is 12.1 Å². The average Bonchev–Trinajstić information content (AvgIpc) is 3.19. The standard InChI is InChI=1S/C21H25Cl2N5O2S2/c1-2-11-28(31-27-12-9-24-10-13-27)15-3-5-16(6-4-15)32(29,30)26-19-8-7-17(22)20-18(23)14-25-21(19)20/h3-8,14,24-26H,2,9-13H2,1H3. The Morgan fingerprint density at radius 3 is 2.50 bits per heavy atom. The Morgan fingerprint density at radius 2 is 1.81 bits per heavy atom. The van der Waals surface area contributed by atoms with Gasteiger partial charge in [0, 0.05) is 62.1 Å². The molecule has 1 aliphatic rings. The topological polar surface area (TPSA) is 80.5 Å². The molecule has 4 rings (SSSR count). The van der Waals surface area contributed by atoms with Gasteiger partial charge >= 0.3 is 0 Å². The molecule has 3 N–H and O–H groups in total. The van der Waals surface area contributed by atoms with E-state index in [0.717, 1.165) is 44.8 Å². The molecule has 0 radical (unpaired) electrons. The fraction of sp³-hybridized carbons (Fsp3) is 0.333. The predicted octanol–water partition coefficient (Wildman–Crippen LogP) is 4.96. The maximum atomic E-state index is 13.0. The van der Waals surface area contributed by atoms with Gasteiger partial charge in [0.25, 0.3) is 10.0 Å². The normalized spacial score (nSPS) is 15.2. The van der Waals surface area contributed by atoms with E-state index in [2.05, 4.69) is 30.6 Å². The fourth-order valence-electron chi connectivity index (χ4n) is 3.53. The number of benzene rings is 2. The molecule has 0 atom stereocenters. The number of halogens is 2. The second-order valence-corrected chi connectivity index (χ2v) is 11.1. The second kappa shape index (κ2) is 10.1. The molecule has 1 saturated heterocycles. The summed E-state index contributed by atoms with van der Waals surface area (Å²) in [4.78, 5) is 3.17. The van der Waals surface area contributed by atoms with Crippen molar-refractivity contribution < 1.29 is 8.42 Å². The highest BCUT2D eigenvalue weighted by molar-refractivity contribution is 7.98. The van der Waals surface area contributed by atoms with E-state index < -0.39 is 10.0 Å². The van der Waals surface area contributed by atoms with Gasteiger partial charge in [-0.25, -0.2) is 12.7 Å². The molecule has 11 heteroatoms. The van der Waals surface area contributed by atoms with Crippen molar-refractivity contribution in [2.24, 2.45) is 0 Å². The third-order valence-corrected chi connectivity index (χ3v) is 8.31. The van der Waals surface area contributed by atoms with Crippen molar-refractivity contribution in [2.75, 3.05) is 41.8 Å². The lowest BCUT2D eigenvalue weighted by Gasteiger charge is -2.32. The van der Waals surface area contributed by atoms with Crippen LogP contribution in [-0.4, -0.2) is 50.4 Å². The molecule has 3 aromatic rings. The van der Waals surface area contributed by atoms with Gasteiger partial charge in [-0.05, 0) is 42.8 Å². The Hall–Kier alpha value is -1.62. The van der Waals surface area contributed by atoms with Crippen molar-refractivity contribution in [3.8, 4) is 0 Å². The van der Waals surface area contributed by atoms with Crippen molar-refractivity contribution in [2.45, 2.75) is 18.2 Å². The van der Waals surface area contributed by atoms with Crippen LogP contribution >= 0.6 is 35.3 Å². The number of anilines is 2. The SMILES string of the molecule is CCCN(SN1CCNCC1)c1ccc(S(=O)(=O)Nc2ccc(Cl)c3c(Cl)c[nH]c23)cc1. The number of aromatic nitrogens is 1. The summed E-state index contributed by atoms with van der Waals surface area (Å²) in [6.45, 7) is 6.89. The quantitative estimate of drug-likeness (QED) is 0.369. The zero-order chi connectivity index (χ0) is 22.7. The molecule has 1 aliphatic heterocycles. The van der Waals surface area contributed by atoms with E-state index in [-0.39, 0.29) is 4.90 Å². The number of fused-ring (bicyclic) bond motifs is 1. The summed E-state index contributed by atoms with van der Waals surface area (Å²) in [5.74, 6) is 0. The lowest BCUT2D eigenvalue weighted by molar-refractivity contribution is 0.395. The van der Waals surface area contributed by atoms with Gasteiger partial charge in [0.1, 0.15) is 0 Å². The zero-order valence-electron chi connectivity index (χ0n) is 17.6. The molecule has 0 amide bonds. The molecule has 32 heavy (non-hydrogen) atoms. The average molecular weight is 515 g/mol. The molecule has 0 saturated carbocycles. The van der Waals surface area contributed by atoms with Gasteiger partial charge in [0.05, 0.1) is 26.1 Å². The van der Waals surface area contributed by atoms with Crippen LogP contribution < -0.4 is 14.3 Å². The summed E-state index contributed by atoms with van der Waals surface area (Å²) in [6, 6.07) is 10.2. The minimum atomic E-state index is -3.79. The molecule has 0 spiro atoms. The largest absolute Gasteiger partial charge is 0.358 e. The summed E-state index contributed by atoms with van der Waals surface area (Å²) in [7, 11) is -3.79. The molecule has 0 unspecified atom stereocenters. The maximum Gasteiger partial charge on any atom is 0.261 e. The number of H-pyrrole nitrogens is 1. The molecule has 2 aromatic carbocycles. The van der Waals surface area contributed by atoms with Gasteiger partial charge in [-0.15, -0.1) is 0 Å². The molecular weight excluding hydrogens is 489 g/mol. The molecule has 2 heterocycles. The van der Waals surface area contributed by atoms with E-state index in [4.69, 9.17) is 23.2 Å². The van der Waals surface area contributed by atoms with Crippen molar-refractivity contribution in [3.05, 3.63) is 52.6 Å². The summed E-state index contributed by atoms with van der Waals surface area (Å²) in [5, 5.41) is 4.84. The molecule has 172 valence electrons. The number of hydrogen-bond acceptors (Lipinski definition) is 6. The smallest absolute Gasteiger partial charge is 0.261 e. The summed E-state index contributed by atoms with van der Waals surface area (Å²) >= 11 is 14.1. The molecular formula is C21H25Cl2N5O2S2. The van der Waals surface area contributed by atoms with Gasteiger partial charge in [0.15, 0.2) is 0 Å². The van der Waals surface area contributed by atoms with Gasteiger partial charge < -0.3 is 14.6 Å². The van der Waals surface area contributed by atoms with Crippen LogP contribution in [0.25, 0.3) is 10.9 Å². The molecule has 1 aromatic heterocycles. The van der Waals surface area contributed by atoms with Crippen LogP contribution in [0.5, 0.6) is 0 Å². The highest BCUT2D eigenvalue weighted by Gasteiger charge is 2.20.